The summed E-state index contributed by atoms with van der Waals surface area (Å²) < 4.78 is 13.5. The lowest BCUT2D eigenvalue weighted by Gasteiger charge is -2.29. The fourth-order valence-corrected chi connectivity index (χ4v) is 8.26. The van der Waals surface area contributed by atoms with Crippen molar-refractivity contribution < 1.29 is 9.47 Å². The van der Waals surface area contributed by atoms with Crippen molar-refractivity contribution in [1.29, 1.82) is 0 Å². The monoisotopic (exact) mass is 625 g/mol. The van der Waals surface area contributed by atoms with Gasteiger partial charge < -0.3 is 9.47 Å². The molecule has 9 rings (SSSR count). The molecule has 1 aliphatic carbocycles. The van der Waals surface area contributed by atoms with Crippen LogP contribution in [0.5, 0.6) is 23.0 Å². The van der Waals surface area contributed by atoms with Crippen molar-refractivity contribution in [3.8, 4) is 55.7 Å². The van der Waals surface area contributed by atoms with Gasteiger partial charge in [0, 0.05) is 16.7 Å². The number of fused-ring (bicyclic) bond motifs is 5. The van der Waals surface area contributed by atoms with Gasteiger partial charge in [-0.15, -0.1) is 11.3 Å². The van der Waals surface area contributed by atoms with E-state index in [-0.39, 0.29) is 5.41 Å². The molecular weight excluding hydrogens is 595 g/mol. The van der Waals surface area contributed by atoms with Crippen LogP contribution in [0, 0.1) is 0 Å². The predicted octanol–water partition coefficient (Wildman–Crippen LogP) is 12.8. The average molecular weight is 626 g/mol. The normalized spacial score (nSPS) is 13.4. The molecular formula is C43H31NO2S. The van der Waals surface area contributed by atoms with Crippen LogP contribution in [0.1, 0.15) is 25.0 Å². The lowest BCUT2D eigenvalue weighted by atomic mass is 9.82. The Kier molecular flexibility index (Phi) is 6.34. The lowest BCUT2D eigenvalue weighted by molar-refractivity contribution is 0.364. The summed E-state index contributed by atoms with van der Waals surface area (Å²) >= 11 is 1.70. The van der Waals surface area contributed by atoms with Crippen LogP contribution in [0.2, 0.25) is 0 Å². The van der Waals surface area contributed by atoms with Crippen molar-refractivity contribution in [2.45, 2.75) is 19.3 Å². The first-order chi connectivity index (χ1) is 23.1. The maximum atomic E-state index is 6.80. The van der Waals surface area contributed by atoms with E-state index in [4.69, 9.17) is 9.47 Å². The molecule has 1 aromatic heterocycles. The van der Waals surface area contributed by atoms with Gasteiger partial charge in [0.25, 0.3) is 0 Å². The highest BCUT2D eigenvalue weighted by atomic mass is 32.1. The highest BCUT2D eigenvalue weighted by Crippen LogP contribution is 2.63. The number of anilines is 3. The Hall–Kier alpha value is -5.58. The lowest BCUT2D eigenvalue weighted by Crippen LogP contribution is -2.16. The summed E-state index contributed by atoms with van der Waals surface area (Å²) in [4.78, 5) is 3.41. The smallest absolute Gasteiger partial charge is 0.205 e. The van der Waals surface area contributed by atoms with Gasteiger partial charge in [-0.3, -0.25) is 4.90 Å². The van der Waals surface area contributed by atoms with E-state index in [1.165, 1.54) is 33.4 Å². The molecule has 47 heavy (non-hydrogen) atoms. The Labute approximate surface area is 278 Å². The molecule has 2 heterocycles. The minimum atomic E-state index is -0.132. The predicted molar refractivity (Wildman–Crippen MR) is 194 cm³/mol. The average Bonchev–Trinajstić information content (AvgIpc) is 3.60. The fraction of sp³-hybridized carbons (Fsp3) is 0.0698. The van der Waals surface area contributed by atoms with E-state index in [1.807, 2.05) is 30.3 Å². The molecule has 226 valence electrons. The third-order valence-electron chi connectivity index (χ3n) is 9.38. The van der Waals surface area contributed by atoms with Crippen molar-refractivity contribution in [1.82, 2.24) is 0 Å². The van der Waals surface area contributed by atoms with E-state index < -0.39 is 0 Å². The molecule has 0 spiro atoms. The Balaban J connectivity index is 1.31. The molecule has 2 aliphatic rings. The van der Waals surface area contributed by atoms with Crippen molar-refractivity contribution in [2.24, 2.45) is 0 Å². The number of para-hydroxylation sites is 2. The maximum absolute atomic E-state index is 6.80. The van der Waals surface area contributed by atoms with E-state index in [2.05, 4.69) is 140 Å². The topological polar surface area (TPSA) is 21.7 Å². The molecule has 0 saturated heterocycles. The fourth-order valence-electron chi connectivity index (χ4n) is 7.06. The second kappa shape index (κ2) is 10.8. The van der Waals surface area contributed by atoms with Crippen LogP contribution < -0.4 is 14.4 Å². The molecule has 0 bridgehead atoms. The Morgan fingerprint density at radius 3 is 1.81 bits per heavy atom. The molecule has 0 atom stereocenters. The van der Waals surface area contributed by atoms with Crippen LogP contribution in [0.25, 0.3) is 32.7 Å². The highest BCUT2D eigenvalue weighted by molar-refractivity contribution is 7.20. The largest absolute Gasteiger partial charge is 0.448 e. The summed E-state index contributed by atoms with van der Waals surface area (Å²) in [6.07, 6.45) is 0. The summed E-state index contributed by atoms with van der Waals surface area (Å²) in [5.74, 6) is 2.90. The Morgan fingerprint density at radius 2 is 1.09 bits per heavy atom. The van der Waals surface area contributed by atoms with Gasteiger partial charge in [0.15, 0.2) is 17.2 Å². The van der Waals surface area contributed by atoms with E-state index in [0.29, 0.717) is 5.75 Å². The van der Waals surface area contributed by atoms with Crippen LogP contribution >= 0.6 is 11.3 Å². The van der Waals surface area contributed by atoms with Gasteiger partial charge in [-0.2, -0.15) is 0 Å². The number of ether oxygens (including phenoxy) is 2. The van der Waals surface area contributed by atoms with Gasteiger partial charge in [-0.1, -0.05) is 135 Å². The van der Waals surface area contributed by atoms with Gasteiger partial charge >= 0.3 is 0 Å². The summed E-state index contributed by atoms with van der Waals surface area (Å²) in [5, 5.41) is 0.969. The third kappa shape index (κ3) is 4.40. The second-order valence-electron chi connectivity index (χ2n) is 12.5. The molecule has 0 unspecified atom stereocenters. The van der Waals surface area contributed by atoms with Gasteiger partial charge in [0.1, 0.15) is 5.00 Å². The molecule has 3 nitrogen and oxygen atoms in total. The molecule has 0 amide bonds. The van der Waals surface area contributed by atoms with Crippen LogP contribution in [0.15, 0.2) is 152 Å². The SMILES string of the molecule is CC1(C)c2ccccc2-c2c(N(c3ccc(-c4ccccc4)cc3)c3sc(-c4ccccc4)c4c3Oc3ccccc3O4)cccc21. The minimum Gasteiger partial charge on any atom is -0.448 e. The van der Waals surface area contributed by atoms with Crippen molar-refractivity contribution >= 4 is 27.7 Å². The first-order valence-electron chi connectivity index (χ1n) is 15.9. The molecule has 1 aliphatic heterocycles. The highest BCUT2D eigenvalue weighted by Gasteiger charge is 2.39. The molecule has 4 heteroatoms. The van der Waals surface area contributed by atoms with E-state index in [1.54, 1.807) is 11.3 Å². The Morgan fingerprint density at radius 1 is 0.511 bits per heavy atom. The first kappa shape index (κ1) is 27.7. The minimum absolute atomic E-state index is 0.132. The number of nitrogens with zero attached hydrogens (tertiary/aromatic N) is 1. The van der Waals surface area contributed by atoms with Crippen molar-refractivity contribution in [2.75, 3.05) is 4.90 Å². The van der Waals surface area contributed by atoms with Crippen LogP contribution in [-0.2, 0) is 5.41 Å². The van der Waals surface area contributed by atoms with Crippen molar-refractivity contribution in [3.05, 3.63) is 163 Å². The zero-order chi connectivity index (χ0) is 31.5. The number of hydrogen-bond donors (Lipinski definition) is 0. The number of rotatable bonds is 5. The molecule has 0 saturated carbocycles. The van der Waals surface area contributed by atoms with E-state index >= 15 is 0 Å². The van der Waals surface area contributed by atoms with E-state index in [0.717, 1.165) is 44.1 Å². The Bertz CT molecular complexity index is 2270. The van der Waals surface area contributed by atoms with Gasteiger partial charge in [-0.05, 0) is 63.7 Å². The maximum Gasteiger partial charge on any atom is 0.205 e. The number of hydrogen-bond acceptors (Lipinski definition) is 4. The molecule has 0 fully saturated rings. The van der Waals surface area contributed by atoms with Gasteiger partial charge in [0.2, 0.25) is 5.75 Å². The zero-order valence-electron chi connectivity index (χ0n) is 26.1. The molecule has 6 aromatic carbocycles. The molecule has 7 aromatic rings. The quantitative estimate of drug-likeness (QED) is 0.190. The van der Waals surface area contributed by atoms with Crippen LogP contribution in [0.3, 0.4) is 0 Å². The van der Waals surface area contributed by atoms with Crippen molar-refractivity contribution in [3.63, 3.8) is 0 Å². The third-order valence-corrected chi connectivity index (χ3v) is 10.6. The molecule has 0 radical (unpaired) electrons. The van der Waals surface area contributed by atoms with E-state index in [9.17, 15) is 0 Å². The van der Waals surface area contributed by atoms with Gasteiger partial charge in [0.05, 0.1) is 10.6 Å². The standard InChI is InChI=1S/C43H31NO2S/c1-43(2)33-19-10-9-18-32(33)38-34(43)20-13-21-35(38)44(31-26-24-29(25-27-31)28-14-5-3-6-15-28)42-40-39(41(47-42)30-16-7-4-8-17-30)45-36-22-11-12-23-37(36)46-40/h3-27H,1-2H3. The summed E-state index contributed by atoms with van der Waals surface area (Å²) in [6, 6.07) is 53.3. The summed E-state index contributed by atoms with van der Waals surface area (Å²) in [5.41, 5.74) is 10.7. The van der Waals surface area contributed by atoms with Crippen LogP contribution in [-0.4, -0.2) is 0 Å². The summed E-state index contributed by atoms with van der Waals surface area (Å²) in [6.45, 7) is 4.66. The zero-order valence-corrected chi connectivity index (χ0v) is 26.9. The van der Waals surface area contributed by atoms with Crippen LogP contribution in [0.4, 0.5) is 16.4 Å². The van der Waals surface area contributed by atoms with Gasteiger partial charge in [-0.25, -0.2) is 0 Å². The summed E-state index contributed by atoms with van der Waals surface area (Å²) in [7, 11) is 0. The molecule has 0 N–H and O–H groups in total. The second-order valence-corrected chi connectivity index (χ2v) is 13.5. The first-order valence-corrected chi connectivity index (χ1v) is 16.8. The number of benzene rings is 6. The number of thiophene rings is 1.